The minimum atomic E-state index is -0.359. The van der Waals surface area contributed by atoms with Crippen molar-refractivity contribution in [3.8, 4) is 0 Å². The van der Waals surface area contributed by atoms with E-state index in [1.807, 2.05) is 24.3 Å². The van der Waals surface area contributed by atoms with E-state index < -0.39 is 0 Å². The molecule has 1 aromatic carbocycles. The molecule has 5 heteroatoms. The second-order valence-electron chi connectivity index (χ2n) is 3.56. The largest absolute Gasteiger partial charge is 0.493 e. The monoisotopic (exact) mass is 236 g/mol. The lowest BCUT2D eigenvalue weighted by atomic mass is 9.79. The molecule has 0 aliphatic heterocycles. The Labute approximate surface area is 102 Å². The first-order chi connectivity index (χ1) is 8.21. The molecule has 0 spiro atoms. The second kappa shape index (κ2) is 7.09. The molecule has 92 valence electrons. The Morgan fingerprint density at radius 3 is 2.24 bits per heavy atom. The Morgan fingerprint density at radius 2 is 1.76 bits per heavy atom. The zero-order valence-corrected chi connectivity index (χ0v) is 10.4. The number of rotatable bonds is 6. The fourth-order valence-electron chi connectivity index (χ4n) is 1.41. The molecule has 0 bridgehead atoms. The topological polar surface area (TPSA) is 44.8 Å². The van der Waals surface area contributed by atoms with Crippen molar-refractivity contribution in [1.82, 2.24) is 0 Å². The average molecular weight is 236 g/mol. The molecule has 0 atom stereocenters. The van der Waals surface area contributed by atoms with Gasteiger partial charge in [-0.1, -0.05) is 31.2 Å². The minimum Gasteiger partial charge on any atom is -0.461 e. The molecule has 4 nitrogen and oxygen atoms in total. The number of hydrogen-bond donors (Lipinski definition) is 0. The molecule has 1 rings (SSSR count). The van der Waals surface area contributed by atoms with Crippen LogP contribution in [0.25, 0.3) is 0 Å². The smallest absolute Gasteiger partial charge is 0.461 e. The summed E-state index contributed by atoms with van der Waals surface area (Å²) in [5.41, 5.74) is 1.88. The third kappa shape index (κ3) is 4.21. The van der Waals surface area contributed by atoms with E-state index in [1.54, 1.807) is 21.1 Å². The van der Waals surface area contributed by atoms with Crippen LogP contribution in [0.2, 0.25) is 0 Å². The van der Waals surface area contributed by atoms with Crippen LogP contribution in [0, 0.1) is 0 Å². The van der Waals surface area contributed by atoms with Gasteiger partial charge in [0.2, 0.25) is 0 Å². The first-order valence-electron chi connectivity index (χ1n) is 5.51. The maximum atomic E-state index is 11.0. The lowest BCUT2D eigenvalue weighted by Crippen LogP contribution is -2.34. The first-order valence-corrected chi connectivity index (χ1v) is 5.51. The normalized spacial score (nSPS) is 10.1. The summed E-state index contributed by atoms with van der Waals surface area (Å²) in [7, 11) is 2.82. The quantitative estimate of drug-likeness (QED) is 0.548. The van der Waals surface area contributed by atoms with Crippen LogP contribution in [0.4, 0.5) is 0 Å². The Balaban J connectivity index is 2.58. The Kier molecular flexibility index (Phi) is 5.73. The minimum absolute atomic E-state index is 0.194. The van der Waals surface area contributed by atoms with Gasteiger partial charge in [-0.25, -0.2) is 0 Å². The van der Waals surface area contributed by atoms with E-state index in [0.717, 1.165) is 11.0 Å². The molecule has 0 aliphatic carbocycles. The highest BCUT2D eigenvalue weighted by atomic mass is 16.6. The molecule has 1 aromatic rings. The third-order valence-electron chi connectivity index (χ3n) is 2.37. The van der Waals surface area contributed by atoms with Crippen molar-refractivity contribution in [2.45, 2.75) is 20.0 Å². The van der Waals surface area contributed by atoms with Gasteiger partial charge in [-0.05, 0) is 11.0 Å². The van der Waals surface area contributed by atoms with Gasteiger partial charge in [0.15, 0.2) is 0 Å². The standard InChI is InChI=1S/C12H17BO4/c1-4-12(14)17-9-10-5-7-11(8-6-10)13(15-2)16-3/h5-8H,4,9H2,1-3H3. The van der Waals surface area contributed by atoms with Crippen LogP contribution in [-0.2, 0) is 25.4 Å². The van der Waals surface area contributed by atoms with Crippen LogP contribution >= 0.6 is 0 Å². The summed E-state index contributed by atoms with van der Waals surface area (Å²) in [6.45, 7) is 2.07. The Bertz CT molecular complexity index is 346. The summed E-state index contributed by atoms with van der Waals surface area (Å²) in [5, 5.41) is 0. The molecule has 0 heterocycles. The Morgan fingerprint density at radius 1 is 1.18 bits per heavy atom. The molecule has 0 amide bonds. The molecule has 0 unspecified atom stereocenters. The molecule has 0 saturated carbocycles. The third-order valence-corrected chi connectivity index (χ3v) is 2.37. The van der Waals surface area contributed by atoms with Crippen LogP contribution in [-0.4, -0.2) is 27.3 Å². The number of esters is 1. The summed E-state index contributed by atoms with van der Waals surface area (Å²) in [5.74, 6) is -0.194. The van der Waals surface area contributed by atoms with Gasteiger partial charge >= 0.3 is 13.1 Å². The van der Waals surface area contributed by atoms with E-state index in [-0.39, 0.29) is 13.1 Å². The second-order valence-corrected chi connectivity index (χ2v) is 3.56. The predicted octanol–water partition coefficient (Wildman–Crippen LogP) is 1.13. The van der Waals surface area contributed by atoms with Crippen molar-refractivity contribution in [2.75, 3.05) is 14.2 Å². The van der Waals surface area contributed by atoms with Crippen molar-refractivity contribution < 1.29 is 18.8 Å². The van der Waals surface area contributed by atoms with Gasteiger partial charge in [0.05, 0.1) is 0 Å². The molecular formula is C12H17BO4. The predicted molar refractivity (Wildman–Crippen MR) is 65.9 cm³/mol. The summed E-state index contributed by atoms with van der Waals surface area (Å²) >= 11 is 0. The van der Waals surface area contributed by atoms with Gasteiger partial charge in [0.1, 0.15) is 6.61 Å². The van der Waals surface area contributed by atoms with Gasteiger partial charge in [-0.2, -0.15) is 0 Å². The van der Waals surface area contributed by atoms with Crippen molar-refractivity contribution in [1.29, 1.82) is 0 Å². The van der Waals surface area contributed by atoms with Crippen LogP contribution in [0.5, 0.6) is 0 Å². The van der Waals surface area contributed by atoms with E-state index in [0.29, 0.717) is 13.0 Å². The number of carbonyl (C=O) groups excluding carboxylic acids is 1. The van der Waals surface area contributed by atoms with Crippen LogP contribution in [0.15, 0.2) is 24.3 Å². The lowest BCUT2D eigenvalue weighted by molar-refractivity contribution is -0.144. The van der Waals surface area contributed by atoms with Gasteiger partial charge in [-0.3, -0.25) is 4.79 Å². The van der Waals surface area contributed by atoms with Gasteiger partial charge < -0.3 is 14.0 Å². The van der Waals surface area contributed by atoms with Crippen molar-refractivity contribution in [3.63, 3.8) is 0 Å². The maximum Gasteiger partial charge on any atom is 0.493 e. The summed E-state index contributed by atoms with van der Waals surface area (Å²) in [6, 6.07) is 7.58. The molecule has 17 heavy (non-hydrogen) atoms. The summed E-state index contributed by atoms with van der Waals surface area (Å²) in [4.78, 5) is 11.0. The summed E-state index contributed by atoms with van der Waals surface area (Å²) < 4.78 is 15.3. The van der Waals surface area contributed by atoms with Gasteiger partial charge in [0.25, 0.3) is 0 Å². The van der Waals surface area contributed by atoms with Crippen LogP contribution in [0.3, 0.4) is 0 Å². The van der Waals surface area contributed by atoms with E-state index in [1.165, 1.54) is 0 Å². The van der Waals surface area contributed by atoms with Gasteiger partial charge in [0, 0.05) is 20.6 Å². The fourth-order valence-corrected chi connectivity index (χ4v) is 1.41. The number of hydrogen-bond acceptors (Lipinski definition) is 4. The molecular weight excluding hydrogens is 219 g/mol. The summed E-state index contributed by atoms with van der Waals surface area (Å²) in [6.07, 6.45) is 0.396. The zero-order valence-electron chi connectivity index (χ0n) is 10.4. The lowest BCUT2D eigenvalue weighted by Gasteiger charge is -2.09. The van der Waals surface area contributed by atoms with Gasteiger partial charge in [-0.15, -0.1) is 0 Å². The van der Waals surface area contributed by atoms with E-state index in [2.05, 4.69) is 0 Å². The van der Waals surface area contributed by atoms with Crippen molar-refractivity contribution in [2.24, 2.45) is 0 Å². The van der Waals surface area contributed by atoms with Crippen molar-refractivity contribution in [3.05, 3.63) is 29.8 Å². The SMILES string of the molecule is CCC(=O)OCc1ccc(B(OC)OC)cc1. The fraction of sp³-hybridized carbons (Fsp3) is 0.417. The molecule has 0 radical (unpaired) electrons. The molecule has 0 fully saturated rings. The van der Waals surface area contributed by atoms with E-state index in [4.69, 9.17) is 14.0 Å². The zero-order chi connectivity index (χ0) is 12.7. The number of ether oxygens (including phenoxy) is 1. The van der Waals surface area contributed by atoms with Crippen molar-refractivity contribution >= 4 is 18.6 Å². The highest BCUT2D eigenvalue weighted by Gasteiger charge is 2.17. The Hall–Kier alpha value is -1.33. The maximum absolute atomic E-state index is 11.0. The molecule has 0 aromatic heterocycles. The molecule has 0 N–H and O–H groups in total. The van der Waals surface area contributed by atoms with Crippen LogP contribution in [0.1, 0.15) is 18.9 Å². The molecule has 0 saturated heterocycles. The number of carbonyl (C=O) groups is 1. The van der Waals surface area contributed by atoms with E-state index in [9.17, 15) is 4.79 Å². The molecule has 0 aliphatic rings. The number of benzene rings is 1. The van der Waals surface area contributed by atoms with E-state index >= 15 is 0 Å². The average Bonchev–Trinajstić information content (AvgIpc) is 2.38. The first kappa shape index (κ1) is 13.7. The highest BCUT2D eigenvalue weighted by Crippen LogP contribution is 2.02. The highest BCUT2D eigenvalue weighted by molar-refractivity contribution is 6.61. The van der Waals surface area contributed by atoms with Crippen LogP contribution < -0.4 is 5.46 Å².